The van der Waals surface area contributed by atoms with Gasteiger partial charge in [-0.05, 0) is 49.7 Å². The van der Waals surface area contributed by atoms with E-state index in [1.54, 1.807) is 19.1 Å². The van der Waals surface area contributed by atoms with Gasteiger partial charge in [-0.2, -0.15) is 13.2 Å². The maximum Gasteiger partial charge on any atom is 0.417 e. The molecule has 0 aliphatic carbocycles. The summed E-state index contributed by atoms with van der Waals surface area (Å²) < 4.78 is 53.1. The Labute approximate surface area is 178 Å². The number of benzene rings is 2. The predicted molar refractivity (Wildman–Crippen MR) is 112 cm³/mol. The number of thiophene rings is 1. The Kier molecular flexibility index (Phi) is 5.15. The number of aromatic nitrogens is 2. The third-order valence-electron chi connectivity index (χ3n) is 4.51. The highest BCUT2D eigenvalue weighted by Crippen LogP contribution is 2.42. The molecule has 4 rings (SSSR count). The van der Waals surface area contributed by atoms with E-state index in [-0.39, 0.29) is 16.5 Å². The zero-order valence-electron chi connectivity index (χ0n) is 15.7. The molecule has 4 aromatic rings. The van der Waals surface area contributed by atoms with Crippen molar-refractivity contribution in [2.75, 3.05) is 5.32 Å². The number of halogens is 5. The van der Waals surface area contributed by atoms with Gasteiger partial charge in [-0.15, -0.1) is 11.3 Å². The van der Waals surface area contributed by atoms with E-state index >= 15 is 0 Å². The van der Waals surface area contributed by atoms with E-state index in [0.29, 0.717) is 21.9 Å². The number of hydrogen-bond donors (Lipinski definition) is 1. The number of nitrogens with one attached hydrogen (secondary N) is 1. The number of hydrogen-bond acceptors (Lipinski definition) is 4. The Morgan fingerprint density at radius 3 is 2.37 bits per heavy atom. The molecule has 0 radical (unpaired) electrons. The first-order valence-electron chi connectivity index (χ1n) is 8.81. The lowest BCUT2D eigenvalue weighted by Gasteiger charge is -2.13. The maximum atomic E-state index is 13.4. The van der Waals surface area contributed by atoms with E-state index in [1.807, 2.05) is 6.92 Å². The Hall–Kier alpha value is -2.71. The van der Waals surface area contributed by atoms with E-state index in [2.05, 4.69) is 15.3 Å². The highest BCUT2D eigenvalue weighted by atomic mass is 35.5. The summed E-state index contributed by atoms with van der Waals surface area (Å²) in [6.07, 6.45) is -4.58. The lowest BCUT2D eigenvalue weighted by molar-refractivity contribution is -0.137. The van der Waals surface area contributed by atoms with E-state index < -0.39 is 11.7 Å². The average molecular weight is 452 g/mol. The fourth-order valence-electron chi connectivity index (χ4n) is 3.23. The lowest BCUT2D eigenvalue weighted by Crippen LogP contribution is -2.07. The molecule has 154 valence electrons. The van der Waals surface area contributed by atoms with Gasteiger partial charge in [0.25, 0.3) is 0 Å². The summed E-state index contributed by atoms with van der Waals surface area (Å²) in [6.45, 7) is 3.62. The van der Waals surface area contributed by atoms with Gasteiger partial charge in [0.05, 0.1) is 16.0 Å². The number of aryl methyl sites for hydroxylation is 2. The van der Waals surface area contributed by atoms with Crippen LogP contribution in [0, 0.1) is 19.7 Å². The van der Waals surface area contributed by atoms with E-state index in [9.17, 15) is 17.6 Å². The second-order valence-corrected chi connectivity index (χ2v) is 8.27. The molecule has 2 aromatic carbocycles. The first-order chi connectivity index (χ1) is 14.1. The first-order valence-corrected chi connectivity index (χ1v) is 10.0. The minimum atomic E-state index is -4.58. The van der Waals surface area contributed by atoms with Crippen LogP contribution in [0.15, 0.2) is 42.5 Å². The minimum Gasteiger partial charge on any atom is -0.340 e. The summed E-state index contributed by atoms with van der Waals surface area (Å²) >= 11 is 7.16. The summed E-state index contributed by atoms with van der Waals surface area (Å²) in [6, 6.07) is 9.61. The molecule has 0 unspecified atom stereocenters. The van der Waals surface area contributed by atoms with Crippen LogP contribution in [-0.2, 0) is 6.18 Å². The Morgan fingerprint density at radius 1 is 1.00 bits per heavy atom. The zero-order chi connectivity index (χ0) is 21.6. The average Bonchev–Trinajstić information content (AvgIpc) is 2.99. The minimum absolute atomic E-state index is 0.194. The van der Waals surface area contributed by atoms with E-state index in [0.717, 1.165) is 22.1 Å². The van der Waals surface area contributed by atoms with Crippen molar-refractivity contribution in [3.8, 4) is 11.1 Å². The second-order valence-electron chi connectivity index (χ2n) is 6.66. The van der Waals surface area contributed by atoms with Crippen LogP contribution < -0.4 is 5.32 Å². The fraction of sp³-hybridized carbons (Fsp3) is 0.143. The molecule has 0 aliphatic heterocycles. The molecule has 30 heavy (non-hydrogen) atoms. The van der Waals surface area contributed by atoms with Crippen LogP contribution in [0.2, 0.25) is 5.02 Å². The van der Waals surface area contributed by atoms with Gasteiger partial charge in [0.15, 0.2) is 0 Å². The van der Waals surface area contributed by atoms with Crippen molar-refractivity contribution in [3.63, 3.8) is 0 Å². The number of rotatable bonds is 3. The standard InChI is InChI=1S/C21H14ClF4N3S/c1-10-17(12-3-5-13(23)6-4-12)18-19(27-11(2)28-20(18)30-10)29-14-7-8-16(22)15(9-14)21(24,25)26/h3-9H,1-2H3,(H,27,28,29). The molecule has 0 atom stereocenters. The summed E-state index contributed by atoms with van der Waals surface area (Å²) in [4.78, 5) is 10.5. The molecule has 0 spiro atoms. The highest BCUT2D eigenvalue weighted by Gasteiger charge is 2.33. The smallest absolute Gasteiger partial charge is 0.340 e. The third-order valence-corrected chi connectivity index (χ3v) is 5.84. The maximum absolute atomic E-state index is 13.4. The Bertz CT molecular complexity index is 1250. The van der Waals surface area contributed by atoms with Crippen molar-refractivity contribution in [1.82, 2.24) is 9.97 Å². The van der Waals surface area contributed by atoms with Gasteiger partial charge in [-0.25, -0.2) is 14.4 Å². The van der Waals surface area contributed by atoms with Crippen molar-refractivity contribution in [1.29, 1.82) is 0 Å². The van der Waals surface area contributed by atoms with Crippen molar-refractivity contribution in [2.45, 2.75) is 20.0 Å². The molecule has 0 saturated carbocycles. The van der Waals surface area contributed by atoms with Gasteiger partial charge in [-0.1, -0.05) is 23.7 Å². The zero-order valence-corrected chi connectivity index (χ0v) is 17.3. The topological polar surface area (TPSA) is 37.8 Å². The second kappa shape index (κ2) is 7.52. The molecule has 9 heteroatoms. The highest BCUT2D eigenvalue weighted by molar-refractivity contribution is 7.19. The van der Waals surface area contributed by atoms with Crippen LogP contribution in [0.5, 0.6) is 0 Å². The molecular formula is C21H14ClF4N3S. The van der Waals surface area contributed by atoms with Gasteiger partial charge < -0.3 is 5.32 Å². The molecule has 0 bridgehead atoms. The number of anilines is 2. The lowest BCUT2D eigenvalue weighted by atomic mass is 10.0. The monoisotopic (exact) mass is 451 g/mol. The normalized spacial score (nSPS) is 11.8. The van der Waals surface area contributed by atoms with Crippen molar-refractivity contribution < 1.29 is 17.6 Å². The Morgan fingerprint density at radius 2 is 1.70 bits per heavy atom. The van der Waals surface area contributed by atoms with Crippen LogP contribution in [0.4, 0.5) is 29.1 Å². The number of nitrogens with zero attached hydrogens (tertiary/aromatic N) is 2. The molecule has 0 fully saturated rings. The molecule has 2 aromatic heterocycles. The van der Waals surface area contributed by atoms with Crippen molar-refractivity contribution in [2.24, 2.45) is 0 Å². The summed E-state index contributed by atoms with van der Waals surface area (Å²) in [5.41, 5.74) is 0.835. The predicted octanol–water partition coefficient (Wildman–Crippen LogP) is 7.53. The largest absolute Gasteiger partial charge is 0.417 e. The molecular weight excluding hydrogens is 438 g/mol. The van der Waals surface area contributed by atoms with Crippen LogP contribution in [0.1, 0.15) is 16.3 Å². The SMILES string of the molecule is Cc1nc(Nc2ccc(Cl)c(C(F)(F)F)c2)c2c(-c3ccc(F)cc3)c(C)sc2n1. The summed E-state index contributed by atoms with van der Waals surface area (Å²) in [7, 11) is 0. The molecule has 0 saturated heterocycles. The number of alkyl halides is 3. The van der Waals surface area contributed by atoms with Gasteiger partial charge in [0.2, 0.25) is 0 Å². The van der Waals surface area contributed by atoms with Crippen molar-refractivity contribution in [3.05, 3.63) is 69.6 Å². The third kappa shape index (κ3) is 3.85. The van der Waals surface area contributed by atoms with Crippen LogP contribution in [0.3, 0.4) is 0 Å². The molecule has 0 amide bonds. The van der Waals surface area contributed by atoms with Gasteiger partial charge in [0, 0.05) is 16.1 Å². The first kappa shape index (κ1) is 20.6. The quantitative estimate of drug-likeness (QED) is 0.327. The van der Waals surface area contributed by atoms with Gasteiger partial charge in [-0.3, -0.25) is 0 Å². The van der Waals surface area contributed by atoms with Gasteiger partial charge >= 0.3 is 6.18 Å². The Balaban J connectivity index is 1.88. The van der Waals surface area contributed by atoms with Crippen molar-refractivity contribution >= 4 is 44.7 Å². The van der Waals surface area contributed by atoms with Crippen LogP contribution in [-0.4, -0.2) is 9.97 Å². The van der Waals surface area contributed by atoms with E-state index in [4.69, 9.17) is 11.6 Å². The summed E-state index contributed by atoms with van der Waals surface area (Å²) in [5.74, 6) is 0.487. The van der Waals surface area contributed by atoms with Crippen LogP contribution in [0.25, 0.3) is 21.3 Å². The molecule has 2 heterocycles. The molecule has 1 N–H and O–H groups in total. The summed E-state index contributed by atoms with van der Waals surface area (Å²) in [5, 5.41) is 3.27. The van der Waals surface area contributed by atoms with Gasteiger partial charge in [0.1, 0.15) is 22.3 Å². The van der Waals surface area contributed by atoms with Crippen LogP contribution >= 0.6 is 22.9 Å². The molecule has 0 aliphatic rings. The fourth-order valence-corrected chi connectivity index (χ4v) is 4.54. The molecule has 3 nitrogen and oxygen atoms in total. The number of fused-ring (bicyclic) bond motifs is 1. The van der Waals surface area contributed by atoms with E-state index in [1.165, 1.54) is 35.6 Å².